The van der Waals surface area contributed by atoms with Crippen molar-refractivity contribution in [2.24, 2.45) is 14.1 Å². The van der Waals surface area contributed by atoms with Crippen molar-refractivity contribution in [3.63, 3.8) is 0 Å². The molecule has 1 N–H and O–H groups in total. The summed E-state index contributed by atoms with van der Waals surface area (Å²) in [4.78, 5) is 20.3. The molecule has 0 amide bonds. The van der Waals surface area contributed by atoms with E-state index in [1.165, 1.54) is 26.2 Å². The zero-order valence-corrected chi connectivity index (χ0v) is 36.7. The number of nitrogens with zero attached hydrogens (tertiary/aromatic N) is 7. The number of alkyl halides is 9. The van der Waals surface area contributed by atoms with Gasteiger partial charge in [-0.25, -0.2) is 4.79 Å². The minimum atomic E-state index is -4.98. The second-order valence-corrected chi connectivity index (χ2v) is 22.6. The number of hydrogen-bond acceptors (Lipinski definition) is 7. The normalized spacial score (nSPS) is 9.39. The van der Waals surface area contributed by atoms with E-state index in [9.17, 15) is 49.1 Å². The van der Waals surface area contributed by atoms with E-state index >= 15 is 0 Å². The van der Waals surface area contributed by atoms with Crippen molar-refractivity contribution >= 4 is 110 Å². The number of rotatable bonds is 2. The molecule has 46 heavy (non-hydrogen) atoms. The summed E-state index contributed by atoms with van der Waals surface area (Å²) in [5, 5.41) is 38.1. The summed E-state index contributed by atoms with van der Waals surface area (Å²) >= 11 is 9.54. The van der Waals surface area contributed by atoms with E-state index in [0.717, 1.165) is 27.8 Å². The van der Waals surface area contributed by atoms with Crippen LogP contribution in [0.1, 0.15) is 27.3 Å². The van der Waals surface area contributed by atoms with Crippen molar-refractivity contribution in [1.82, 2.24) is 19.6 Å². The fourth-order valence-corrected chi connectivity index (χ4v) is 1.86. The third-order valence-electron chi connectivity index (χ3n) is 3.30. The Hall–Kier alpha value is -0.156. The van der Waals surface area contributed by atoms with Crippen molar-refractivity contribution in [3.8, 4) is 18.2 Å². The number of carbonyl (C=O) groups excluding carboxylic acids is 1. The molecule has 2 rings (SSSR count). The van der Waals surface area contributed by atoms with Crippen LogP contribution in [-0.2, 0) is 49.8 Å². The maximum Gasteiger partial charge on any atom is 0 e. The van der Waals surface area contributed by atoms with Gasteiger partial charge >= 0.3 is 75.0 Å². The summed E-state index contributed by atoms with van der Waals surface area (Å²) in [5.74, 6) is -3.82. The van der Waals surface area contributed by atoms with Gasteiger partial charge in [-0.05, 0) is 0 Å². The Bertz CT molecular complexity index is 1360. The summed E-state index contributed by atoms with van der Waals surface area (Å²) in [6, 6.07) is 4.12. The van der Waals surface area contributed by atoms with Crippen molar-refractivity contribution in [1.29, 1.82) is 15.8 Å². The molecule has 0 aliphatic rings. The number of aryl methyl sites for hydroxylation is 2. The molecule has 2 aromatic heterocycles. The van der Waals surface area contributed by atoms with Crippen molar-refractivity contribution < 1.29 is 86.0 Å². The van der Waals surface area contributed by atoms with E-state index in [0.29, 0.717) is 13.3 Å². The number of carbonyl (C=O) groups is 2. The molecule has 0 saturated carbocycles. The number of ketones is 1. The van der Waals surface area contributed by atoms with Crippen molar-refractivity contribution in [2.75, 3.05) is 0 Å². The van der Waals surface area contributed by atoms with Crippen LogP contribution in [0.25, 0.3) is 0 Å². The predicted octanol–water partition coefficient (Wildman–Crippen LogP) is 5.50. The third-order valence-corrected chi connectivity index (χ3v) is 3.30. The van der Waals surface area contributed by atoms with E-state index in [2.05, 4.69) is 97.8 Å². The molecular weight excluding hydrogens is 1370 g/mol. The largest absolute Gasteiger partial charge is 0 e. The third kappa shape index (κ3) is 26.8. The van der Waals surface area contributed by atoms with E-state index in [1.807, 2.05) is 0 Å². The summed E-state index contributed by atoms with van der Waals surface area (Å²) in [6.07, 6.45) is -11.2. The average Bonchev–Trinajstić information content (AvgIpc) is 3.52. The first kappa shape index (κ1) is 58.1. The van der Waals surface area contributed by atoms with E-state index in [1.54, 1.807) is 6.07 Å². The molecule has 26 heteroatoms. The van der Waals surface area contributed by atoms with Gasteiger partial charge in [0.25, 0.3) is 5.78 Å². The molecule has 0 aliphatic heterocycles. The van der Waals surface area contributed by atoms with Crippen LogP contribution in [0.3, 0.4) is 0 Å². The smallest absolute Gasteiger partial charge is 0 e. The Kier molecular flexibility index (Phi) is 37.5. The minimum Gasteiger partial charge on any atom is 0 e. The number of aromatic carboxylic acids is 1. The van der Waals surface area contributed by atoms with Crippen LogP contribution >= 0.6 is 98.4 Å². The zero-order valence-electron chi connectivity index (χ0n) is 22.2. The van der Waals surface area contributed by atoms with Gasteiger partial charge in [0.15, 0.2) is 11.4 Å². The molecule has 0 fully saturated rings. The number of carboxylic acid groups (broad SMARTS) is 1. The molecule has 0 bridgehead atoms. The van der Waals surface area contributed by atoms with Crippen LogP contribution in [0.4, 0.5) is 39.5 Å². The van der Waals surface area contributed by atoms with E-state index < -0.39 is 58.4 Å². The Morgan fingerprint density at radius 3 is 1.48 bits per heavy atom. The van der Waals surface area contributed by atoms with Crippen molar-refractivity contribution in [3.05, 3.63) is 59.7 Å². The van der Waals surface area contributed by atoms with Crippen LogP contribution in [0.15, 0.2) is 37.2 Å². The minimum absolute atomic E-state index is 0. The van der Waals surface area contributed by atoms with Crippen LogP contribution in [0, 0.1) is 34.0 Å². The van der Waals surface area contributed by atoms with Crippen LogP contribution in [0.2, 0.25) is 0 Å². The summed E-state index contributed by atoms with van der Waals surface area (Å²) in [6.45, 7) is 5.73. The number of carboxylic acids is 1. The number of allylic oxidation sites excluding steroid dienone is 2. The Balaban J connectivity index is -0.000000114. The molecule has 259 valence electrons. The van der Waals surface area contributed by atoms with Gasteiger partial charge in [0, 0.05) is 88.4 Å². The van der Waals surface area contributed by atoms with Gasteiger partial charge in [0.05, 0.1) is 11.6 Å². The quantitative estimate of drug-likeness (QED) is 0.179. The fraction of sp³-hybridized carbons (Fsp3) is 0.250. The van der Waals surface area contributed by atoms with Crippen LogP contribution in [-0.4, -0.2) is 42.6 Å². The zero-order chi connectivity index (χ0) is 36.1. The molecule has 2 heterocycles. The maximum atomic E-state index is 12.1. The van der Waals surface area contributed by atoms with Gasteiger partial charge in [-0.15, -0.1) is 24.0 Å². The molecule has 0 unspecified atom stereocenters. The predicted molar refractivity (Wildman–Crippen MR) is 181 cm³/mol. The van der Waals surface area contributed by atoms with Gasteiger partial charge < -0.3 is 5.11 Å². The molecule has 0 saturated heterocycles. The second kappa shape index (κ2) is 29.7. The molecule has 0 spiro atoms. The second-order valence-electron chi connectivity index (χ2n) is 6.35. The number of hydrogen-bond donors (Lipinski definition) is 1. The number of Topliss-reactive ketones (excluding diaryl/α,β-unsaturated/α-hetero) is 1. The van der Waals surface area contributed by atoms with Crippen molar-refractivity contribution in [2.45, 2.75) is 18.5 Å². The first-order valence-electron chi connectivity index (χ1n) is 9.57. The average molecular weight is 1380 g/mol. The molecule has 0 aromatic carbocycles. The molecule has 10 nitrogen and oxygen atoms in total. The van der Waals surface area contributed by atoms with Crippen LogP contribution in [0.5, 0.6) is 0 Å². The fourth-order valence-electron chi connectivity index (χ4n) is 1.86. The topological polar surface area (TPSA) is 161 Å². The van der Waals surface area contributed by atoms with E-state index in [4.69, 9.17) is 20.9 Å². The summed E-state index contributed by atoms with van der Waals surface area (Å²) in [5.41, 5.74) is -4.89. The number of nitriles is 3. The maximum absolute atomic E-state index is 12.1. The Morgan fingerprint density at radius 2 is 1.28 bits per heavy atom. The standard InChI is InChI=1S/C6H4F3N3.C6H5F3N2O2.C5H2F3NO.C3H3N.I3.I2.HI.V/c1-12-3-4(2-10)5(11-12)6(7,8)9;1-11-2-3(5(12)13)4(10-11)6(7,8)9;1-3(2-9)4(10)5(6,7)8;1-2-3-4;1-3-2;1-2;;/h3H,1H3;2H,1H3,(H,12,13);1H2;2H,1H2;;;1H;/q;;;;-1;;;. The Morgan fingerprint density at radius 1 is 0.935 bits per heavy atom. The number of halogens is 15. The molecular formula is C20H15F9I6N7O3V-. The van der Waals surface area contributed by atoms with Gasteiger partial charge in [-0.1, -0.05) is 13.2 Å². The summed E-state index contributed by atoms with van der Waals surface area (Å²) < 4.78 is 108. The molecule has 0 atom stereocenters. The monoisotopic (exact) mass is 1380 g/mol. The first-order valence-corrected chi connectivity index (χ1v) is 28.4. The first-order chi connectivity index (χ1) is 20.0. The molecule has 2 aromatic rings. The van der Waals surface area contributed by atoms with Crippen LogP contribution < -0.4 is 13.3 Å². The van der Waals surface area contributed by atoms with Gasteiger partial charge in [-0.3, -0.25) is 14.2 Å². The SMILES string of the molecule is C=C(C#N)C(=O)C(F)(F)F.C=CC#N.Cn1cc(C#N)c(C(F)(F)F)n1.Cn1cc(C(=O)O)c(C(F)(F)F)n1.I.II.I[I-]I.[V]. The number of aromatic nitrogens is 4. The van der Waals surface area contributed by atoms with E-state index in [-0.39, 0.29) is 42.5 Å². The van der Waals surface area contributed by atoms with Gasteiger partial charge in [0.1, 0.15) is 23.3 Å². The van der Waals surface area contributed by atoms with Gasteiger partial charge in [-0.2, -0.15) is 65.5 Å². The molecule has 1 radical (unpaired) electrons. The van der Waals surface area contributed by atoms with Gasteiger partial charge in [0.2, 0.25) is 0 Å². The summed E-state index contributed by atoms with van der Waals surface area (Å²) in [7, 11) is 2.55. The molecule has 0 aliphatic carbocycles. The Labute approximate surface area is 337 Å².